The van der Waals surface area contributed by atoms with Crippen LogP contribution < -0.4 is 5.32 Å². The predicted octanol–water partition coefficient (Wildman–Crippen LogP) is 1.80. The Kier molecular flexibility index (Phi) is 8.12. The molecule has 0 radical (unpaired) electrons. The summed E-state index contributed by atoms with van der Waals surface area (Å²) in [6.45, 7) is 2.85. The van der Waals surface area contributed by atoms with Gasteiger partial charge in [-0.15, -0.1) is 0 Å². The zero-order valence-corrected chi connectivity index (χ0v) is 14.2. The van der Waals surface area contributed by atoms with E-state index < -0.39 is 10.0 Å². The molecule has 0 aromatic heterocycles. The van der Waals surface area contributed by atoms with Crippen LogP contribution in [0.25, 0.3) is 0 Å². The summed E-state index contributed by atoms with van der Waals surface area (Å²) in [7, 11) is -3.33. The Balaban J connectivity index is 2.31. The highest BCUT2D eigenvalue weighted by molar-refractivity contribution is 7.88. The van der Waals surface area contributed by atoms with Gasteiger partial charge in [0.25, 0.3) is 0 Å². The van der Waals surface area contributed by atoms with Crippen molar-refractivity contribution in [3.63, 3.8) is 0 Å². The first-order chi connectivity index (χ1) is 10.4. The molecule has 6 heteroatoms. The monoisotopic (exact) mass is 326 g/mol. The van der Waals surface area contributed by atoms with Crippen LogP contribution in [-0.4, -0.2) is 44.5 Å². The lowest BCUT2D eigenvalue weighted by Gasteiger charge is -2.19. The highest BCUT2D eigenvalue weighted by Crippen LogP contribution is 2.03. The van der Waals surface area contributed by atoms with Gasteiger partial charge in [-0.3, -0.25) is 4.79 Å². The fraction of sp³-hybridized carbons (Fsp3) is 0.562. The summed E-state index contributed by atoms with van der Waals surface area (Å²) >= 11 is 0. The fourth-order valence-corrected chi connectivity index (χ4v) is 2.89. The minimum absolute atomic E-state index is 0.0931. The van der Waals surface area contributed by atoms with Crippen LogP contribution in [-0.2, 0) is 21.2 Å². The molecule has 1 N–H and O–H groups in total. The first-order valence-corrected chi connectivity index (χ1v) is 9.54. The number of benzene rings is 1. The van der Waals surface area contributed by atoms with Gasteiger partial charge in [0.05, 0.1) is 12.8 Å². The van der Waals surface area contributed by atoms with Crippen LogP contribution in [0.3, 0.4) is 0 Å². The van der Waals surface area contributed by atoms with E-state index in [0.717, 1.165) is 31.9 Å². The molecule has 1 amide bonds. The molecule has 1 aromatic rings. The van der Waals surface area contributed by atoms with Crippen molar-refractivity contribution < 1.29 is 13.2 Å². The molecule has 0 aliphatic carbocycles. The molecule has 1 rings (SSSR count). The minimum atomic E-state index is -3.33. The molecule has 0 spiro atoms. The lowest BCUT2D eigenvalue weighted by molar-refractivity contribution is -0.121. The third-order valence-electron chi connectivity index (χ3n) is 3.36. The summed E-state index contributed by atoms with van der Waals surface area (Å²) in [5.41, 5.74) is 1.23. The molecule has 0 saturated heterocycles. The molecular formula is C16H26N2O3S. The minimum Gasteiger partial charge on any atom is -0.355 e. The van der Waals surface area contributed by atoms with Gasteiger partial charge in [-0.2, -0.15) is 4.31 Å². The second-order valence-electron chi connectivity index (χ2n) is 5.39. The quantitative estimate of drug-likeness (QED) is 0.667. The molecule has 0 heterocycles. The second-order valence-corrected chi connectivity index (χ2v) is 7.37. The number of rotatable bonds is 10. The van der Waals surface area contributed by atoms with Crippen LogP contribution in [0.15, 0.2) is 30.3 Å². The summed E-state index contributed by atoms with van der Waals surface area (Å²) in [5, 5.41) is 2.79. The first-order valence-electron chi connectivity index (χ1n) is 7.69. The number of nitrogens with zero attached hydrogens (tertiary/aromatic N) is 1. The van der Waals surface area contributed by atoms with Crippen LogP contribution in [0.4, 0.5) is 0 Å². The number of sulfonamides is 1. The lowest BCUT2D eigenvalue weighted by Crippen LogP contribution is -2.41. The summed E-state index contributed by atoms with van der Waals surface area (Å²) in [6, 6.07) is 10.1. The average molecular weight is 326 g/mol. The Morgan fingerprint density at radius 2 is 1.86 bits per heavy atom. The number of carbonyl (C=O) groups is 1. The number of hydrogen-bond acceptors (Lipinski definition) is 3. The molecule has 124 valence electrons. The number of nitrogens with one attached hydrogen (secondary N) is 1. The van der Waals surface area contributed by atoms with Gasteiger partial charge in [0, 0.05) is 13.1 Å². The number of aryl methyl sites for hydroxylation is 1. The molecule has 0 bridgehead atoms. The molecule has 1 aromatic carbocycles. The molecule has 0 aliphatic rings. The number of hydrogen-bond donors (Lipinski definition) is 1. The van der Waals surface area contributed by atoms with Gasteiger partial charge in [-0.1, -0.05) is 43.7 Å². The van der Waals surface area contributed by atoms with E-state index in [1.165, 1.54) is 9.87 Å². The summed E-state index contributed by atoms with van der Waals surface area (Å²) in [6.07, 6.45) is 4.53. The Morgan fingerprint density at radius 3 is 2.45 bits per heavy atom. The summed E-state index contributed by atoms with van der Waals surface area (Å²) < 4.78 is 24.5. The molecule has 0 saturated carbocycles. The third kappa shape index (κ3) is 7.56. The van der Waals surface area contributed by atoms with E-state index >= 15 is 0 Å². The topological polar surface area (TPSA) is 66.5 Å². The van der Waals surface area contributed by atoms with E-state index in [1.807, 2.05) is 25.1 Å². The highest BCUT2D eigenvalue weighted by atomic mass is 32.2. The van der Waals surface area contributed by atoms with Crippen molar-refractivity contribution in [2.24, 2.45) is 0 Å². The molecule has 22 heavy (non-hydrogen) atoms. The summed E-state index contributed by atoms with van der Waals surface area (Å²) in [4.78, 5) is 11.9. The SMILES string of the molecule is CCCCN(CC(=O)NCCCc1ccccc1)S(C)(=O)=O. The van der Waals surface area contributed by atoms with Gasteiger partial charge < -0.3 is 5.32 Å². The van der Waals surface area contributed by atoms with Crippen LogP contribution in [0, 0.1) is 0 Å². The largest absolute Gasteiger partial charge is 0.355 e. The van der Waals surface area contributed by atoms with Crippen LogP contribution in [0.2, 0.25) is 0 Å². The second kappa shape index (κ2) is 9.58. The van der Waals surface area contributed by atoms with Crippen molar-refractivity contribution in [1.29, 1.82) is 0 Å². The standard InChI is InChI=1S/C16H26N2O3S/c1-3-4-13-18(22(2,20)21)14-16(19)17-12-8-11-15-9-6-5-7-10-15/h5-7,9-10H,3-4,8,11-14H2,1-2H3,(H,17,19). The van der Waals surface area contributed by atoms with Crippen molar-refractivity contribution in [1.82, 2.24) is 9.62 Å². The maximum absolute atomic E-state index is 11.9. The van der Waals surface area contributed by atoms with Crippen LogP contribution >= 0.6 is 0 Å². The maximum Gasteiger partial charge on any atom is 0.235 e. The molecule has 0 unspecified atom stereocenters. The van der Waals surface area contributed by atoms with Crippen molar-refractivity contribution in [3.8, 4) is 0 Å². The fourth-order valence-electron chi connectivity index (χ4n) is 2.08. The van der Waals surface area contributed by atoms with E-state index in [-0.39, 0.29) is 12.5 Å². The number of amides is 1. The molecule has 0 aliphatic heterocycles. The van der Waals surface area contributed by atoms with Crippen molar-refractivity contribution in [2.75, 3.05) is 25.9 Å². The number of unbranched alkanes of at least 4 members (excludes halogenated alkanes) is 1. The molecular weight excluding hydrogens is 300 g/mol. The van der Waals surface area contributed by atoms with E-state index in [0.29, 0.717) is 13.1 Å². The maximum atomic E-state index is 11.9. The normalized spacial score (nSPS) is 11.6. The predicted molar refractivity (Wildman–Crippen MR) is 89.1 cm³/mol. The third-order valence-corrected chi connectivity index (χ3v) is 4.61. The Hall–Kier alpha value is -1.40. The number of carbonyl (C=O) groups excluding carboxylic acids is 1. The highest BCUT2D eigenvalue weighted by Gasteiger charge is 2.19. The van der Waals surface area contributed by atoms with E-state index in [9.17, 15) is 13.2 Å². The molecule has 0 atom stereocenters. The van der Waals surface area contributed by atoms with E-state index in [2.05, 4.69) is 17.4 Å². The zero-order chi connectivity index (χ0) is 16.4. The Labute approximate surface area is 133 Å². The van der Waals surface area contributed by atoms with Gasteiger partial charge in [-0.25, -0.2) is 8.42 Å². The first kappa shape index (κ1) is 18.6. The van der Waals surface area contributed by atoms with Gasteiger partial charge in [0.15, 0.2) is 0 Å². The van der Waals surface area contributed by atoms with Gasteiger partial charge in [0.2, 0.25) is 15.9 Å². The van der Waals surface area contributed by atoms with Gasteiger partial charge in [-0.05, 0) is 24.8 Å². The van der Waals surface area contributed by atoms with Gasteiger partial charge in [0.1, 0.15) is 0 Å². The van der Waals surface area contributed by atoms with E-state index in [4.69, 9.17) is 0 Å². The zero-order valence-electron chi connectivity index (χ0n) is 13.4. The summed E-state index contributed by atoms with van der Waals surface area (Å²) in [5.74, 6) is -0.241. The molecule has 0 fully saturated rings. The Bertz CT molecular complexity index is 544. The van der Waals surface area contributed by atoms with Gasteiger partial charge >= 0.3 is 0 Å². The smallest absolute Gasteiger partial charge is 0.235 e. The van der Waals surface area contributed by atoms with E-state index in [1.54, 1.807) is 0 Å². The van der Waals surface area contributed by atoms with Crippen molar-refractivity contribution in [3.05, 3.63) is 35.9 Å². The molecule has 5 nitrogen and oxygen atoms in total. The lowest BCUT2D eigenvalue weighted by atomic mass is 10.1. The van der Waals surface area contributed by atoms with Crippen molar-refractivity contribution >= 4 is 15.9 Å². The Morgan fingerprint density at radius 1 is 1.18 bits per heavy atom. The van der Waals surface area contributed by atoms with Crippen molar-refractivity contribution in [2.45, 2.75) is 32.6 Å². The van der Waals surface area contributed by atoms with Crippen LogP contribution in [0.5, 0.6) is 0 Å². The van der Waals surface area contributed by atoms with Crippen LogP contribution in [0.1, 0.15) is 31.7 Å². The average Bonchev–Trinajstić information content (AvgIpc) is 2.48.